The Morgan fingerprint density at radius 1 is 1.10 bits per heavy atom. The van der Waals surface area contributed by atoms with Crippen LogP contribution < -0.4 is 5.32 Å². The Morgan fingerprint density at radius 2 is 1.76 bits per heavy atom. The van der Waals surface area contributed by atoms with Crippen molar-refractivity contribution in [2.24, 2.45) is 5.41 Å². The monoisotopic (exact) mass is 331 g/mol. The van der Waals surface area contributed by atoms with E-state index in [9.17, 15) is 4.79 Å². The molecule has 3 heterocycles. The molecule has 0 atom stereocenters. The molecule has 2 fully saturated rings. The topological polar surface area (TPSA) is 45.2 Å². The van der Waals surface area contributed by atoms with Gasteiger partial charge in [0.05, 0.1) is 0 Å². The summed E-state index contributed by atoms with van der Waals surface area (Å²) in [5.74, 6) is 0.0874. The highest BCUT2D eigenvalue weighted by atomic mass is 35.5. The van der Waals surface area contributed by atoms with Crippen LogP contribution in [0.25, 0.3) is 0 Å². The van der Waals surface area contributed by atoms with Gasteiger partial charge >= 0.3 is 0 Å². The minimum absolute atomic E-state index is 0. The van der Waals surface area contributed by atoms with Crippen LogP contribution in [-0.4, -0.2) is 42.0 Å². The van der Waals surface area contributed by atoms with Crippen molar-refractivity contribution in [3.05, 3.63) is 30.1 Å². The Labute approximate surface area is 138 Å². The lowest BCUT2D eigenvalue weighted by molar-refractivity contribution is 0.0491. The van der Waals surface area contributed by atoms with Crippen LogP contribution >= 0.6 is 24.8 Å². The molecule has 21 heavy (non-hydrogen) atoms. The molecule has 0 radical (unpaired) electrons. The summed E-state index contributed by atoms with van der Waals surface area (Å²) < 4.78 is 0. The average molecular weight is 332 g/mol. The van der Waals surface area contributed by atoms with Crippen molar-refractivity contribution >= 4 is 30.7 Å². The standard InChI is InChI=1S/C15H21N3O.2ClH/c19-14(13-3-1-2-8-17-13)18-11-6-15(7-12-18)4-9-16-10-5-15;;/h1-3,8,16H,4-7,9-12H2;2*1H. The highest BCUT2D eigenvalue weighted by Crippen LogP contribution is 2.39. The van der Waals surface area contributed by atoms with E-state index >= 15 is 0 Å². The quantitative estimate of drug-likeness (QED) is 0.860. The van der Waals surface area contributed by atoms with Crippen molar-refractivity contribution < 1.29 is 4.79 Å². The van der Waals surface area contributed by atoms with E-state index in [4.69, 9.17) is 0 Å². The third kappa shape index (κ3) is 4.09. The molecule has 0 unspecified atom stereocenters. The first kappa shape index (κ1) is 18.2. The zero-order valence-corrected chi connectivity index (χ0v) is 13.7. The van der Waals surface area contributed by atoms with E-state index in [0.29, 0.717) is 11.1 Å². The second kappa shape index (κ2) is 7.97. The largest absolute Gasteiger partial charge is 0.337 e. The van der Waals surface area contributed by atoms with Crippen LogP contribution in [0.5, 0.6) is 0 Å². The van der Waals surface area contributed by atoms with Crippen LogP contribution in [0.3, 0.4) is 0 Å². The molecule has 0 aromatic carbocycles. The number of aromatic nitrogens is 1. The number of hydrogen-bond acceptors (Lipinski definition) is 3. The van der Waals surface area contributed by atoms with E-state index in [1.807, 2.05) is 17.0 Å². The van der Waals surface area contributed by atoms with Gasteiger partial charge in [0.15, 0.2) is 0 Å². The molecule has 1 N–H and O–H groups in total. The number of nitrogens with one attached hydrogen (secondary N) is 1. The van der Waals surface area contributed by atoms with Crippen molar-refractivity contribution in [2.75, 3.05) is 26.2 Å². The molecule has 2 aliphatic rings. The van der Waals surface area contributed by atoms with Gasteiger partial charge in [0.25, 0.3) is 5.91 Å². The van der Waals surface area contributed by atoms with Crippen LogP contribution in [0.4, 0.5) is 0 Å². The molecule has 2 aliphatic heterocycles. The van der Waals surface area contributed by atoms with Crippen LogP contribution in [-0.2, 0) is 0 Å². The second-order valence-electron chi connectivity index (χ2n) is 5.76. The van der Waals surface area contributed by atoms with Gasteiger partial charge in [-0.15, -0.1) is 24.8 Å². The number of carbonyl (C=O) groups excluding carboxylic acids is 1. The maximum absolute atomic E-state index is 12.3. The third-order valence-electron chi connectivity index (χ3n) is 4.66. The summed E-state index contributed by atoms with van der Waals surface area (Å²) in [7, 11) is 0. The number of hydrogen-bond donors (Lipinski definition) is 1. The lowest BCUT2D eigenvalue weighted by atomic mass is 9.71. The molecule has 1 aromatic rings. The van der Waals surface area contributed by atoms with Gasteiger partial charge in [0.2, 0.25) is 0 Å². The Hall–Kier alpha value is -0.840. The molecule has 0 aliphatic carbocycles. The van der Waals surface area contributed by atoms with Crippen LogP contribution in [0, 0.1) is 5.41 Å². The Morgan fingerprint density at radius 3 is 2.33 bits per heavy atom. The van der Waals surface area contributed by atoms with Gasteiger partial charge in [-0.25, -0.2) is 0 Å². The van der Waals surface area contributed by atoms with E-state index in [1.54, 1.807) is 12.3 Å². The first-order chi connectivity index (χ1) is 9.29. The minimum atomic E-state index is 0. The number of pyridine rings is 1. The Bertz CT molecular complexity index is 439. The van der Waals surface area contributed by atoms with Gasteiger partial charge in [-0.1, -0.05) is 6.07 Å². The molecule has 1 amide bonds. The van der Waals surface area contributed by atoms with Crippen LogP contribution in [0.1, 0.15) is 36.2 Å². The summed E-state index contributed by atoms with van der Waals surface area (Å²) in [6.07, 6.45) is 6.50. The van der Waals surface area contributed by atoms with Gasteiger partial charge in [0, 0.05) is 19.3 Å². The van der Waals surface area contributed by atoms with E-state index in [2.05, 4.69) is 10.3 Å². The van der Waals surface area contributed by atoms with Gasteiger partial charge in [-0.05, 0) is 56.3 Å². The van der Waals surface area contributed by atoms with Crippen LogP contribution in [0.15, 0.2) is 24.4 Å². The number of likely N-dealkylation sites (tertiary alicyclic amines) is 1. The van der Waals surface area contributed by atoms with Crippen molar-refractivity contribution in [3.8, 4) is 0 Å². The first-order valence-electron chi connectivity index (χ1n) is 7.20. The number of halogens is 2. The summed E-state index contributed by atoms with van der Waals surface area (Å²) in [5.41, 5.74) is 1.07. The second-order valence-corrected chi connectivity index (χ2v) is 5.76. The van der Waals surface area contributed by atoms with Crippen LogP contribution in [0.2, 0.25) is 0 Å². The van der Waals surface area contributed by atoms with E-state index in [-0.39, 0.29) is 30.7 Å². The molecule has 0 saturated carbocycles. The molecular weight excluding hydrogens is 309 g/mol. The molecule has 6 heteroatoms. The predicted octanol–water partition coefficient (Wildman–Crippen LogP) is 2.53. The highest BCUT2D eigenvalue weighted by Gasteiger charge is 2.36. The molecule has 118 valence electrons. The van der Waals surface area contributed by atoms with E-state index < -0.39 is 0 Å². The fraction of sp³-hybridized carbons (Fsp3) is 0.600. The zero-order valence-electron chi connectivity index (χ0n) is 12.1. The third-order valence-corrected chi connectivity index (χ3v) is 4.66. The Balaban J connectivity index is 0.00000110. The number of piperidine rings is 2. The summed E-state index contributed by atoms with van der Waals surface area (Å²) in [5, 5.41) is 3.43. The van der Waals surface area contributed by atoms with Crippen molar-refractivity contribution in [3.63, 3.8) is 0 Å². The van der Waals surface area contributed by atoms with E-state index in [1.165, 1.54) is 12.8 Å². The molecule has 0 bridgehead atoms. The lowest BCUT2D eigenvalue weighted by Gasteiger charge is -2.44. The summed E-state index contributed by atoms with van der Waals surface area (Å²) in [6, 6.07) is 5.52. The number of nitrogens with zero attached hydrogens (tertiary/aromatic N) is 2. The van der Waals surface area contributed by atoms with Gasteiger partial charge in [0.1, 0.15) is 5.69 Å². The van der Waals surface area contributed by atoms with Crippen molar-refractivity contribution in [1.29, 1.82) is 0 Å². The fourth-order valence-electron chi connectivity index (χ4n) is 3.29. The molecule has 2 saturated heterocycles. The Kier molecular flexibility index (Phi) is 6.91. The molecular formula is C15H23Cl2N3O. The normalized spacial score (nSPS) is 20.3. The lowest BCUT2D eigenvalue weighted by Crippen LogP contribution is -2.47. The smallest absolute Gasteiger partial charge is 0.272 e. The average Bonchev–Trinajstić information content (AvgIpc) is 2.49. The van der Waals surface area contributed by atoms with Gasteiger partial charge in [-0.2, -0.15) is 0 Å². The maximum atomic E-state index is 12.3. The fourth-order valence-corrected chi connectivity index (χ4v) is 3.29. The number of amides is 1. The summed E-state index contributed by atoms with van der Waals surface area (Å²) >= 11 is 0. The molecule has 3 rings (SSSR count). The van der Waals surface area contributed by atoms with Crippen molar-refractivity contribution in [1.82, 2.24) is 15.2 Å². The van der Waals surface area contributed by atoms with Gasteiger partial charge < -0.3 is 10.2 Å². The minimum Gasteiger partial charge on any atom is -0.337 e. The van der Waals surface area contributed by atoms with Gasteiger partial charge in [-0.3, -0.25) is 9.78 Å². The van der Waals surface area contributed by atoms with Crippen molar-refractivity contribution in [2.45, 2.75) is 25.7 Å². The highest BCUT2D eigenvalue weighted by molar-refractivity contribution is 5.92. The zero-order chi connectivity index (χ0) is 13.1. The predicted molar refractivity (Wildman–Crippen MR) is 88.4 cm³/mol. The maximum Gasteiger partial charge on any atom is 0.272 e. The molecule has 1 aromatic heterocycles. The number of carbonyl (C=O) groups is 1. The molecule has 1 spiro atoms. The molecule has 4 nitrogen and oxygen atoms in total. The summed E-state index contributed by atoms with van der Waals surface area (Å²) in [4.78, 5) is 18.4. The SMILES string of the molecule is Cl.Cl.O=C(c1ccccn1)N1CCC2(CCNCC2)CC1. The van der Waals surface area contributed by atoms with E-state index in [0.717, 1.165) is 39.0 Å². The summed E-state index contributed by atoms with van der Waals surface area (Å²) in [6.45, 7) is 4.03. The number of rotatable bonds is 1. The first-order valence-corrected chi connectivity index (χ1v) is 7.20.